The minimum Gasteiger partial charge on any atom is -0.334 e. The number of amides is 3. The lowest BCUT2D eigenvalue weighted by atomic mass is 10.1. The van der Waals surface area contributed by atoms with Crippen molar-refractivity contribution in [2.24, 2.45) is 0 Å². The van der Waals surface area contributed by atoms with Gasteiger partial charge in [-0.15, -0.1) is 0 Å². The Labute approximate surface area is 172 Å². The molecule has 0 spiro atoms. The third-order valence-corrected chi connectivity index (χ3v) is 4.78. The highest BCUT2D eigenvalue weighted by Crippen LogP contribution is 2.29. The number of nitrogens with one attached hydrogen (secondary N) is 2. The largest absolute Gasteiger partial charge is 0.416 e. The second kappa shape index (κ2) is 9.62. The Balaban J connectivity index is 1.41. The summed E-state index contributed by atoms with van der Waals surface area (Å²) in [6.45, 7) is 2.20. The first kappa shape index (κ1) is 21.6. The van der Waals surface area contributed by atoms with Crippen molar-refractivity contribution in [3.63, 3.8) is 0 Å². The SMILES string of the molecule is O=C(CN1CCN(C(=O)NCc2cccc(C(F)(F)F)c2)CC1)Nc1ccccc1. The van der Waals surface area contributed by atoms with Gasteiger partial charge in [0.05, 0.1) is 12.1 Å². The Kier molecular flexibility index (Phi) is 6.94. The number of anilines is 1. The van der Waals surface area contributed by atoms with Crippen LogP contribution >= 0.6 is 0 Å². The Hall–Kier alpha value is -3.07. The van der Waals surface area contributed by atoms with Crippen LogP contribution < -0.4 is 10.6 Å². The van der Waals surface area contributed by atoms with Crippen molar-refractivity contribution in [3.8, 4) is 0 Å². The summed E-state index contributed by atoms with van der Waals surface area (Å²) in [7, 11) is 0. The highest BCUT2D eigenvalue weighted by atomic mass is 19.4. The van der Waals surface area contributed by atoms with E-state index in [2.05, 4.69) is 10.6 Å². The molecule has 3 rings (SSSR count). The molecule has 0 atom stereocenters. The molecular weight excluding hydrogens is 397 g/mol. The van der Waals surface area contributed by atoms with E-state index in [1.54, 1.807) is 11.0 Å². The van der Waals surface area contributed by atoms with Crippen LogP contribution in [0.25, 0.3) is 0 Å². The van der Waals surface area contributed by atoms with Gasteiger partial charge in [-0.1, -0.05) is 30.3 Å². The van der Waals surface area contributed by atoms with Gasteiger partial charge < -0.3 is 15.5 Å². The minimum absolute atomic E-state index is 0.0163. The Bertz CT molecular complexity index is 866. The fourth-order valence-corrected chi connectivity index (χ4v) is 3.18. The van der Waals surface area contributed by atoms with Crippen LogP contribution in [-0.2, 0) is 17.5 Å². The van der Waals surface area contributed by atoms with Crippen LogP contribution in [-0.4, -0.2) is 54.5 Å². The molecule has 30 heavy (non-hydrogen) atoms. The number of nitrogens with zero attached hydrogens (tertiary/aromatic N) is 2. The summed E-state index contributed by atoms with van der Waals surface area (Å²) in [5.41, 5.74) is 0.376. The van der Waals surface area contributed by atoms with Gasteiger partial charge in [-0.25, -0.2) is 4.79 Å². The van der Waals surface area contributed by atoms with Gasteiger partial charge in [-0.2, -0.15) is 13.2 Å². The standard InChI is InChI=1S/C21H23F3N4O2/c22-21(23,24)17-6-4-5-16(13-17)14-25-20(30)28-11-9-27(10-12-28)15-19(29)26-18-7-2-1-3-8-18/h1-8,13H,9-12,14-15H2,(H,25,30)(H,26,29). The molecule has 0 unspecified atom stereocenters. The number of benzene rings is 2. The summed E-state index contributed by atoms with van der Waals surface area (Å²) in [6.07, 6.45) is -4.41. The molecule has 9 heteroatoms. The van der Waals surface area contributed by atoms with Gasteiger partial charge in [-0.3, -0.25) is 9.69 Å². The number of urea groups is 1. The third kappa shape index (κ3) is 6.21. The molecule has 2 aromatic rings. The fraction of sp³-hybridized carbons (Fsp3) is 0.333. The van der Waals surface area contributed by atoms with E-state index in [9.17, 15) is 22.8 Å². The first-order chi connectivity index (χ1) is 14.3. The van der Waals surface area contributed by atoms with E-state index in [1.807, 2.05) is 35.2 Å². The van der Waals surface area contributed by atoms with E-state index in [-0.39, 0.29) is 25.0 Å². The first-order valence-electron chi connectivity index (χ1n) is 9.57. The Morgan fingerprint density at radius 1 is 0.933 bits per heavy atom. The lowest BCUT2D eigenvalue weighted by Gasteiger charge is -2.34. The third-order valence-electron chi connectivity index (χ3n) is 4.78. The van der Waals surface area contributed by atoms with E-state index in [4.69, 9.17) is 0 Å². The molecule has 0 radical (unpaired) electrons. The van der Waals surface area contributed by atoms with Crippen molar-refractivity contribution in [1.29, 1.82) is 0 Å². The maximum atomic E-state index is 12.8. The van der Waals surface area contributed by atoms with Crippen LogP contribution in [0.3, 0.4) is 0 Å². The monoisotopic (exact) mass is 420 g/mol. The van der Waals surface area contributed by atoms with Crippen LogP contribution in [0.5, 0.6) is 0 Å². The molecule has 1 fully saturated rings. The molecule has 0 aromatic heterocycles. The maximum Gasteiger partial charge on any atom is 0.416 e. The molecule has 160 valence electrons. The van der Waals surface area contributed by atoms with Gasteiger partial charge in [-0.05, 0) is 29.8 Å². The first-order valence-corrected chi connectivity index (χ1v) is 9.57. The van der Waals surface area contributed by atoms with Gasteiger partial charge in [0.1, 0.15) is 0 Å². The number of piperazine rings is 1. The number of hydrogen-bond donors (Lipinski definition) is 2. The zero-order valence-corrected chi connectivity index (χ0v) is 16.3. The molecule has 1 aliphatic rings. The van der Waals surface area contributed by atoms with Gasteiger partial charge in [0.25, 0.3) is 0 Å². The molecule has 0 bridgehead atoms. The summed E-state index contributed by atoms with van der Waals surface area (Å²) in [6, 6.07) is 13.7. The van der Waals surface area contributed by atoms with Crippen molar-refractivity contribution in [2.45, 2.75) is 12.7 Å². The molecule has 1 heterocycles. The number of hydrogen-bond acceptors (Lipinski definition) is 3. The highest BCUT2D eigenvalue weighted by Gasteiger charge is 2.30. The zero-order valence-electron chi connectivity index (χ0n) is 16.3. The topological polar surface area (TPSA) is 64.7 Å². The van der Waals surface area contributed by atoms with Crippen molar-refractivity contribution >= 4 is 17.6 Å². The van der Waals surface area contributed by atoms with E-state index in [1.165, 1.54) is 6.07 Å². The van der Waals surface area contributed by atoms with Crippen molar-refractivity contribution in [3.05, 3.63) is 65.7 Å². The lowest BCUT2D eigenvalue weighted by molar-refractivity contribution is -0.137. The number of alkyl halides is 3. The van der Waals surface area contributed by atoms with E-state index in [0.717, 1.165) is 17.8 Å². The summed E-state index contributed by atoms with van der Waals surface area (Å²) in [5, 5.41) is 5.48. The molecule has 0 saturated carbocycles. The minimum atomic E-state index is -4.41. The van der Waals surface area contributed by atoms with E-state index in [0.29, 0.717) is 31.7 Å². The maximum absolute atomic E-state index is 12.8. The summed E-state index contributed by atoms with van der Waals surface area (Å²) in [5.74, 6) is -0.122. The van der Waals surface area contributed by atoms with Gasteiger partial charge >= 0.3 is 12.2 Å². The van der Waals surface area contributed by atoms with Gasteiger partial charge in [0.15, 0.2) is 0 Å². The molecule has 0 aliphatic carbocycles. The van der Waals surface area contributed by atoms with E-state index >= 15 is 0 Å². The van der Waals surface area contributed by atoms with Crippen molar-refractivity contribution in [2.75, 3.05) is 38.0 Å². The van der Waals surface area contributed by atoms with Crippen LogP contribution in [0.15, 0.2) is 54.6 Å². The normalized spacial score (nSPS) is 15.0. The molecule has 2 aromatic carbocycles. The summed E-state index contributed by atoms with van der Waals surface area (Å²) in [4.78, 5) is 28.0. The molecule has 6 nitrogen and oxygen atoms in total. The molecular formula is C21H23F3N4O2. The number of halogens is 3. The Morgan fingerprint density at radius 2 is 1.63 bits per heavy atom. The van der Waals surface area contributed by atoms with Crippen LogP contribution in [0.4, 0.5) is 23.7 Å². The molecule has 1 saturated heterocycles. The lowest BCUT2D eigenvalue weighted by Crippen LogP contribution is -2.52. The van der Waals surface area contributed by atoms with Crippen LogP contribution in [0.1, 0.15) is 11.1 Å². The summed E-state index contributed by atoms with van der Waals surface area (Å²) >= 11 is 0. The van der Waals surface area contributed by atoms with Gasteiger partial charge in [0, 0.05) is 38.4 Å². The summed E-state index contributed by atoms with van der Waals surface area (Å²) < 4.78 is 38.3. The fourth-order valence-electron chi connectivity index (χ4n) is 3.18. The average molecular weight is 420 g/mol. The highest BCUT2D eigenvalue weighted by molar-refractivity contribution is 5.92. The van der Waals surface area contributed by atoms with Crippen molar-refractivity contribution < 1.29 is 22.8 Å². The van der Waals surface area contributed by atoms with E-state index < -0.39 is 11.7 Å². The smallest absolute Gasteiger partial charge is 0.334 e. The number of rotatable bonds is 5. The van der Waals surface area contributed by atoms with Crippen LogP contribution in [0, 0.1) is 0 Å². The Morgan fingerprint density at radius 3 is 2.30 bits per heavy atom. The predicted molar refractivity (Wildman–Crippen MR) is 107 cm³/mol. The number of para-hydroxylation sites is 1. The number of carbonyl (C=O) groups excluding carboxylic acids is 2. The predicted octanol–water partition coefficient (Wildman–Crippen LogP) is 3.17. The second-order valence-electron chi connectivity index (χ2n) is 7.03. The second-order valence-corrected chi connectivity index (χ2v) is 7.03. The number of carbonyl (C=O) groups is 2. The van der Waals surface area contributed by atoms with Gasteiger partial charge in [0.2, 0.25) is 5.91 Å². The molecule has 2 N–H and O–H groups in total. The molecule has 1 aliphatic heterocycles. The van der Waals surface area contributed by atoms with Crippen molar-refractivity contribution in [1.82, 2.24) is 15.1 Å². The molecule has 3 amide bonds. The zero-order chi connectivity index (χ0) is 21.6. The quantitative estimate of drug-likeness (QED) is 0.781. The average Bonchev–Trinajstić information content (AvgIpc) is 2.73. The van der Waals surface area contributed by atoms with Crippen LogP contribution in [0.2, 0.25) is 0 Å².